The van der Waals surface area contributed by atoms with Crippen LogP contribution in [-0.4, -0.2) is 37.7 Å². The highest BCUT2D eigenvalue weighted by Gasteiger charge is 2.17. The Morgan fingerprint density at radius 2 is 1.86 bits per heavy atom. The molecule has 0 aliphatic rings. The van der Waals surface area contributed by atoms with Gasteiger partial charge in [0.2, 0.25) is 0 Å². The fraction of sp³-hybridized carbons (Fsp3) is 0.500. The van der Waals surface area contributed by atoms with Crippen molar-refractivity contribution < 1.29 is 18.3 Å². The van der Waals surface area contributed by atoms with Gasteiger partial charge in [-0.1, -0.05) is 24.3 Å². The number of aryl methyl sites for hydroxylation is 2. The Kier molecular flexibility index (Phi) is 6.42. The van der Waals surface area contributed by atoms with Gasteiger partial charge in [0.1, 0.15) is 18.5 Å². The minimum atomic E-state index is -3.29. The minimum absolute atomic E-state index is 0.0276. The van der Waals surface area contributed by atoms with Crippen LogP contribution in [0, 0.1) is 20.8 Å². The second-order valence-electron chi connectivity index (χ2n) is 5.26. The maximum atomic E-state index is 11.7. The lowest BCUT2D eigenvalue weighted by Gasteiger charge is -2.16. The zero-order valence-electron chi connectivity index (χ0n) is 13.1. The third-order valence-electron chi connectivity index (χ3n) is 3.33. The van der Waals surface area contributed by atoms with Crippen LogP contribution in [0.3, 0.4) is 0 Å². The third kappa shape index (κ3) is 5.52. The predicted octanol–water partition coefficient (Wildman–Crippen LogP) is 2.34. The smallest absolute Gasteiger partial charge is 0.156 e. The summed E-state index contributed by atoms with van der Waals surface area (Å²) in [5.74, 6) is 0.379. The number of benzene rings is 1. The van der Waals surface area contributed by atoms with Gasteiger partial charge in [0.15, 0.2) is 9.84 Å². The maximum Gasteiger partial charge on any atom is 0.156 e. The van der Waals surface area contributed by atoms with Gasteiger partial charge >= 0.3 is 0 Å². The summed E-state index contributed by atoms with van der Waals surface area (Å²) in [5, 5.41) is 9.87. The van der Waals surface area contributed by atoms with E-state index in [-0.39, 0.29) is 18.1 Å². The molecule has 0 radical (unpaired) electrons. The molecule has 0 aliphatic heterocycles. The van der Waals surface area contributed by atoms with E-state index in [1.165, 1.54) is 0 Å². The van der Waals surface area contributed by atoms with Crippen LogP contribution in [0.15, 0.2) is 24.3 Å². The molecule has 0 saturated carbocycles. The highest BCUT2D eigenvalue weighted by molar-refractivity contribution is 7.91. The van der Waals surface area contributed by atoms with Crippen LogP contribution in [-0.2, 0) is 9.84 Å². The number of allylic oxidation sites excluding steroid dienone is 1. The van der Waals surface area contributed by atoms with E-state index in [4.69, 9.17) is 4.74 Å². The number of aliphatic hydroxyl groups is 1. The van der Waals surface area contributed by atoms with E-state index < -0.39 is 15.9 Å². The molecule has 1 N–H and O–H groups in total. The number of hydrogen-bond donors (Lipinski definition) is 1. The molecule has 21 heavy (non-hydrogen) atoms. The highest BCUT2D eigenvalue weighted by Crippen LogP contribution is 2.25. The van der Waals surface area contributed by atoms with Crippen LogP contribution in [0.4, 0.5) is 0 Å². The Balaban J connectivity index is 2.66. The van der Waals surface area contributed by atoms with E-state index in [0.29, 0.717) is 0 Å². The average Bonchev–Trinajstić information content (AvgIpc) is 2.40. The van der Waals surface area contributed by atoms with Crippen LogP contribution in [0.1, 0.15) is 23.6 Å². The summed E-state index contributed by atoms with van der Waals surface area (Å²) >= 11 is 0. The van der Waals surface area contributed by atoms with E-state index in [0.717, 1.165) is 22.4 Å². The standard InChI is InChI=1S/C16H24O4S/c1-5-6-9-21(18,19)11-15(17)10-20-16-13(3)8-7-12(2)14(16)4/h5-8,15,17H,9-11H2,1-4H3. The van der Waals surface area contributed by atoms with Gasteiger partial charge in [-0.05, 0) is 44.4 Å². The number of aliphatic hydroxyl groups excluding tert-OH is 1. The first-order valence-corrected chi connectivity index (χ1v) is 8.78. The normalized spacial score (nSPS) is 13.6. The van der Waals surface area contributed by atoms with Crippen LogP contribution >= 0.6 is 0 Å². The van der Waals surface area contributed by atoms with Gasteiger partial charge in [-0.15, -0.1) is 0 Å². The molecule has 0 fully saturated rings. The number of hydrogen-bond acceptors (Lipinski definition) is 4. The van der Waals surface area contributed by atoms with Gasteiger partial charge in [-0.2, -0.15) is 0 Å². The second-order valence-corrected chi connectivity index (χ2v) is 7.42. The van der Waals surface area contributed by atoms with Gasteiger partial charge in [0.05, 0.1) is 11.5 Å². The van der Waals surface area contributed by atoms with Crippen LogP contribution in [0.5, 0.6) is 5.75 Å². The van der Waals surface area contributed by atoms with Crippen molar-refractivity contribution in [3.05, 3.63) is 41.0 Å². The van der Waals surface area contributed by atoms with Gasteiger partial charge in [-0.3, -0.25) is 0 Å². The fourth-order valence-corrected chi connectivity index (χ4v) is 3.28. The first-order valence-electron chi connectivity index (χ1n) is 6.96. The molecule has 0 spiro atoms. The number of rotatable bonds is 7. The van der Waals surface area contributed by atoms with E-state index in [1.807, 2.05) is 32.9 Å². The Labute approximate surface area is 127 Å². The lowest BCUT2D eigenvalue weighted by atomic mass is 10.1. The Bertz CT molecular complexity index is 603. The molecule has 5 heteroatoms. The van der Waals surface area contributed by atoms with Gasteiger partial charge < -0.3 is 9.84 Å². The van der Waals surface area contributed by atoms with Gasteiger partial charge in [0, 0.05) is 0 Å². The van der Waals surface area contributed by atoms with Crippen LogP contribution in [0.2, 0.25) is 0 Å². The van der Waals surface area contributed by atoms with Crippen molar-refractivity contribution in [1.29, 1.82) is 0 Å². The molecule has 0 amide bonds. The zero-order valence-corrected chi connectivity index (χ0v) is 13.9. The molecule has 0 saturated heterocycles. The molecule has 0 aliphatic carbocycles. The quantitative estimate of drug-likeness (QED) is 0.785. The lowest BCUT2D eigenvalue weighted by molar-refractivity contribution is 0.124. The van der Waals surface area contributed by atoms with Crippen LogP contribution < -0.4 is 4.74 Å². The molecule has 0 bridgehead atoms. The monoisotopic (exact) mass is 312 g/mol. The largest absolute Gasteiger partial charge is 0.490 e. The van der Waals surface area contributed by atoms with E-state index in [1.54, 1.807) is 19.1 Å². The van der Waals surface area contributed by atoms with Gasteiger partial charge in [-0.25, -0.2) is 8.42 Å². The maximum absolute atomic E-state index is 11.7. The SMILES string of the molecule is CC=CCS(=O)(=O)CC(O)COc1c(C)ccc(C)c1C. The summed E-state index contributed by atoms with van der Waals surface area (Å²) in [6, 6.07) is 3.96. The van der Waals surface area contributed by atoms with Crippen molar-refractivity contribution in [2.75, 3.05) is 18.1 Å². The van der Waals surface area contributed by atoms with Crippen molar-refractivity contribution in [3.63, 3.8) is 0 Å². The molecular formula is C16H24O4S. The molecule has 1 aromatic rings. The molecule has 1 atom stereocenters. The van der Waals surface area contributed by atoms with Gasteiger partial charge in [0.25, 0.3) is 0 Å². The van der Waals surface area contributed by atoms with Crippen molar-refractivity contribution in [3.8, 4) is 5.75 Å². The average molecular weight is 312 g/mol. The molecular weight excluding hydrogens is 288 g/mol. The Morgan fingerprint density at radius 1 is 1.24 bits per heavy atom. The molecule has 4 nitrogen and oxygen atoms in total. The topological polar surface area (TPSA) is 63.6 Å². The number of ether oxygens (including phenoxy) is 1. The summed E-state index contributed by atoms with van der Waals surface area (Å²) in [5.41, 5.74) is 3.09. The summed E-state index contributed by atoms with van der Waals surface area (Å²) in [6.07, 6.45) is 2.22. The third-order valence-corrected chi connectivity index (χ3v) is 4.92. The Hall–Kier alpha value is -1.33. The summed E-state index contributed by atoms with van der Waals surface area (Å²) in [6.45, 7) is 7.60. The second kappa shape index (κ2) is 7.61. The molecule has 1 aromatic carbocycles. The summed E-state index contributed by atoms with van der Waals surface area (Å²) in [7, 11) is -3.29. The first kappa shape index (κ1) is 17.7. The number of sulfone groups is 1. The first-order chi connectivity index (χ1) is 9.76. The molecule has 0 aromatic heterocycles. The van der Waals surface area contributed by atoms with E-state index >= 15 is 0 Å². The Morgan fingerprint density at radius 3 is 2.48 bits per heavy atom. The summed E-state index contributed by atoms with van der Waals surface area (Å²) < 4.78 is 29.1. The van der Waals surface area contributed by atoms with Crippen molar-refractivity contribution in [2.45, 2.75) is 33.8 Å². The molecule has 118 valence electrons. The van der Waals surface area contributed by atoms with E-state index in [2.05, 4.69) is 0 Å². The molecule has 1 rings (SSSR count). The highest BCUT2D eigenvalue weighted by atomic mass is 32.2. The van der Waals surface area contributed by atoms with Crippen molar-refractivity contribution >= 4 is 9.84 Å². The minimum Gasteiger partial charge on any atom is -0.490 e. The summed E-state index contributed by atoms with van der Waals surface area (Å²) in [4.78, 5) is 0. The fourth-order valence-electron chi connectivity index (χ4n) is 1.98. The van der Waals surface area contributed by atoms with Crippen molar-refractivity contribution in [1.82, 2.24) is 0 Å². The predicted molar refractivity (Wildman–Crippen MR) is 85.6 cm³/mol. The zero-order chi connectivity index (χ0) is 16.0. The molecule has 0 heterocycles. The van der Waals surface area contributed by atoms with E-state index in [9.17, 15) is 13.5 Å². The lowest BCUT2D eigenvalue weighted by Crippen LogP contribution is -2.28. The van der Waals surface area contributed by atoms with Crippen molar-refractivity contribution in [2.24, 2.45) is 0 Å². The molecule has 1 unspecified atom stereocenters. The van der Waals surface area contributed by atoms with Crippen LogP contribution in [0.25, 0.3) is 0 Å².